The summed E-state index contributed by atoms with van der Waals surface area (Å²) in [6.45, 7) is 1.39. The molecule has 4 aromatic carbocycles. The lowest BCUT2D eigenvalue weighted by atomic mass is 9.88. The lowest BCUT2D eigenvalue weighted by Gasteiger charge is -2.20. The second-order valence-electron chi connectivity index (χ2n) is 8.23. The molecule has 0 aliphatic carbocycles. The number of amides is 1. The van der Waals surface area contributed by atoms with Crippen LogP contribution in [0.5, 0.6) is 5.75 Å². The lowest BCUT2D eigenvalue weighted by Crippen LogP contribution is -2.23. The first-order chi connectivity index (χ1) is 17.4. The van der Waals surface area contributed by atoms with Gasteiger partial charge in [0, 0.05) is 0 Å². The fourth-order valence-electron chi connectivity index (χ4n) is 4.01. The number of carbonyl (C=O) groups excluding carboxylic acids is 1. The van der Waals surface area contributed by atoms with Crippen molar-refractivity contribution in [3.8, 4) is 16.9 Å². The van der Waals surface area contributed by atoms with E-state index < -0.39 is 52.5 Å². The third-order valence-electron chi connectivity index (χ3n) is 5.96. The average Bonchev–Trinajstić information content (AvgIpc) is 2.88. The van der Waals surface area contributed by atoms with Gasteiger partial charge in [-0.15, -0.1) is 0 Å². The maximum atomic E-state index is 14.4. The molecule has 192 valence electrons. The van der Waals surface area contributed by atoms with Crippen molar-refractivity contribution in [2.75, 3.05) is 12.4 Å². The van der Waals surface area contributed by atoms with Crippen LogP contribution in [-0.2, 0) is 11.0 Å². The van der Waals surface area contributed by atoms with Crippen LogP contribution in [0.2, 0.25) is 0 Å². The van der Waals surface area contributed by atoms with Crippen molar-refractivity contribution in [2.45, 2.75) is 19.0 Å². The largest absolute Gasteiger partial charge is 0.497 e. The predicted octanol–water partition coefficient (Wildman–Crippen LogP) is 7.83. The van der Waals surface area contributed by atoms with Gasteiger partial charge in [-0.25, -0.2) is 17.6 Å². The Kier molecular flexibility index (Phi) is 6.86. The van der Waals surface area contributed by atoms with Crippen molar-refractivity contribution >= 4 is 22.4 Å². The van der Waals surface area contributed by atoms with E-state index in [0.29, 0.717) is 27.8 Å². The molecule has 1 N–H and O–H groups in total. The monoisotopic (exact) mass is 521 g/mol. The van der Waals surface area contributed by atoms with E-state index in [9.17, 15) is 35.5 Å². The smallest absolute Gasteiger partial charge is 0.422 e. The molecule has 0 spiro atoms. The predicted molar refractivity (Wildman–Crippen MR) is 124 cm³/mol. The highest BCUT2D eigenvalue weighted by Gasteiger charge is 2.42. The number of nitrogens with one attached hydrogen (secondary N) is 1. The van der Waals surface area contributed by atoms with Gasteiger partial charge in [0.2, 0.25) is 5.91 Å². The molecule has 10 heteroatoms. The summed E-state index contributed by atoms with van der Waals surface area (Å²) >= 11 is 0. The van der Waals surface area contributed by atoms with Gasteiger partial charge in [-0.3, -0.25) is 4.79 Å². The number of hydrogen-bond donors (Lipinski definition) is 1. The second kappa shape index (κ2) is 9.76. The van der Waals surface area contributed by atoms with Crippen LogP contribution in [0, 0.1) is 23.3 Å². The number of methoxy groups -OCH3 is 1. The minimum atomic E-state index is -5.69. The van der Waals surface area contributed by atoms with E-state index in [1.807, 2.05) is 0 Å². The van der Waals surface area contributed by atoms with E-state index in [4.69, 9.17) is 4.74 Å². The number of rotatable bonds is 5. The van der Waals surface area contributed by atoms with E-state index >= 15 is 0 Å². The third kappa shape index (κ3) is 4.83. The summed E-state index contributed by atoms with van der Waals surface area (Å²) in [5.74, 6) is -11.7. The van der Waals surface area contributed by atoms with E-state index in [0.717, 1.165) is 5.39 Å². The number of benzene rings is 4. The van der Waals surface area contributed by atoms with Crippen LogP contribution in [0.3, 0.4) is 0 Å². The zero-order valence-electron chi connectivity index (χ0n) is 19.3. The second-order valence-corrected chi connectivity index (χ2v) is 8.23. The van der Waals surface area contributed by atoms with Gasteiger partial charge >= 0.3 is 6.18 Å². The molecular formula is C27H18F7NO2. The van der Waals surface area contributed by atoms with E-state index in [1.54, 1.807) is 66.0 Å². The van der Waals surface area contributed by atoms with Gasteiger partial charge in [-0.2, -0.15) is 13.2 Å². The Balaban J connectivity index is 1.80. The quantitative estimate of drug-likeness (QED) is 0.215. The zero-order chi connectivity index (χ0) is 27.1. The highest BCUT2D eigenvalue weighted by atomic mass is 19.4. The van der Waals surface area contributed by atoms with Crippen LogP contribution in [0.4, 0.5) is 36.4 Å². The van der Waals surface area contributed by atoms with Crippen molar-refractivity contribution in [1.82, 2.24) is 0 Å². The van der Waals surface area contributed by atoms with Crippen molar-refractivity contribution in [3.05, 3.63) is 95.1 Å². The van der Waals surface area contributed by atoms with E-state index in [-0.39, 0.29) is 0 Å². The van der Waals surface area contributed by atoms with Crippen LogP contribution in [0.1, 0.15) is 24.0 Å². The number of alkyl halides is 3. The number of ether oxygens (including phenoxy) is 1. The Morgan fingerprint density at radius 2 is 1.46 bits per heavy atom. The standard InChI is InChI=1S/C27H18F7NO2/c1-13(26(36)35-25-23(30)21(28)20(27(32,33)34)22(29)24(25)31)18-11-15-8-9-17(37-2)10-16(15)12-19(18)14-6-4-3-5-7-14/h3-13H,1-2H3,(H,35,36). The van der Waals surface area contributed by atoms with Crippen LogP contribution in [-0.4, -0.2) is 13.0 Å². The molecule has 4 rings (SSSR count). The highest BCUT2D eigenvalue weighted by Crippen LogP contribution is 2.39. The molecule has 0 aromatic heterocycles. The first kappa shape index (κ1) is 26.0. The molecule has 0 saturated carbocycles. The summed E-state index contributed by atoms with van der Waals surface area (Å²) in [4.78, 5) is 13.0. The van der Waals surface area contributed by atoms with Gasteiger partial charge in [0.25, 0.3) is 0 Å². The molecule has 1 unspecified atom stereocenters. The highest BCUT2D eigenvalue weighted by molar-refractivity contribution is 5.99. The third-order valence-corrected chi connectivity index (χ3v) is 5.96. The summed E-state index contributed by atoms with van der Waals surface area (Å²) in [6.07, 6.45) is -5.69. The summed E-state index contributed by atoms with van der Waals surface area (Å²) in [5, 5.41) is 3.18. The molecule has 0 fully saturated rings. The van der Waals surface area contributed by atoms with Crippen molar-refractivity contribution in [1.29, 1.82) is 0 Å². The van der Waals surface area contributed by atoms with Gasteiger partial charge in [0.1, 0.15) is 17.0 Å². The van der Waals surface area contributed by atoms with Gasteiger partial charge in [-0.1, -0.05) is 36.4 Å². The Labute approximate surface area is 206 Å². The Bertz CT molecular complexity index is 1470. The molecule has 37 heavy (non-hydrogen) atoms. The Morgan fingerprint density at radius 3 is 2.03 bits per heavy atom. The number of hydrogen-bond acceptors (Lipinski definition) is 2. The molecule has 0 heterocycles. The fourth-order valence-corrected chi connectivity index (χ4v) is 4.01. The normalized spacial score (nSPS) is 12.5. The summed E-state index contributed by atoms with van der Waals surface area (Å²) in [5.41, 5.74) is -2.69. The van der Waals surface area contributed by atoms with Gasteiger partial charge in [0.15, 0.2) is 23.3 Å². The van der Waals surface area contributed by atoms with Gasteiger partial charge in [-0.05, 0) is 58.7 Å². The molecule has 0 aliphatic heterocycles. The molecular weight excluding hydrogens is 503 g/mol. The first-order valence-corrected chi connectivity index (χ1v) is 10.8. The van der Waals surface area contributed by atoms with Crippen LogP contribution in [0.25, 0.3) is 21.9 Å². The SMILES string of the molecule is COc1ccc2cc(C(C)C(=O)Nc3c(F)c(F)c(C(F)(F)F)c(F)c3F)c(-c3ccccc3)cc2c1. The number of fused-ring (bicyclic) bond motifs is 1. The molecule has 1 amide bonds. The lowest BCUT2D eigenvalue weighted by molar-refractivity contribution is -0.143. The molecule has 0 saturated heterocycles. The topological polar surface area (TPSA) is 38.3 Å². The molecule has 0 bridgehead atoms. The maximum Gasteiger partial charge on any atom is 0.422 e. The van der Waals surface area contributed by atoms with Crippen molar-refractivity contribution in [2.24, 2.45) is 0 Å². The minimum absolute atomic E-state index is 0.398. The number of anilines is 1. The number of halogens is 7. The van der Waals surface area contributed by atoms with Crippen LogP contribution in [0.15, 0.2) is 60.7 Å². The maximum absolute atomic E-state index is 14.4. The molecule has 0 aliphatic rings. The summed E-state index contributed by atoms with van der Waals surface area (Å²) in [6, 6.07) is 17.5. The van der Waals surface area contributed by atoms with Crippen LogP contribution >= 0.6 is 0 Å². The zero-order valence-corrected chi connectivity index (χ0v) is 19.3. The average molecular weight is 521 g/mol. The molecule has 4 aromatic rings. The minimum Gasteiger partial charge on any atom is -0.497 e. The molecule has 1 atom stereocenters. The van der Waals surface area contributed by atoms with Crippen molar-refractivity contribution < 1.29 is 40.3 Å². The summed E-state index contributed by atoms with van der Waals surface area (Å²) in [7, 11) is 1.51. The first-order valence-electron chi connectivity index (χ1n) is 10.8. The van der Waals surface area contributed by atoms with Gasteiger partial charge in [0.05, 0.1) is 13.0 Å². The van der Waals surface area contributed by atoms with E-state index in [1.165, 1.54) is 14.0 Å². The Hall–Kier alpha value is -4.08. The number of carbonyl (C=O) groups is 1. The summed E-state index contributed by atoms with van der Waals surface area (Å²) < 4.78 is 101. The van der Waals surface area contributed by atoms with E-state index in [2.05, 4.69) is 0 Å². The molecule has 3 nitrogen and oxygen atoms in total. The fraction of sp³-hybridized carbons (Fsp3) is 0.148. The van der Waals surface area contributed by atoms with Crippen molar-refractivity contribution in [3.63, 3.8) is 0 Å². The molecule has 0 radical (unpaired) electrons. The van der Waals surface area contributed by atoms with Gasteiger partial charge < -0.3 is 10.1 Å². The van der Waals surface area contributed by atoms with Crippen LogP contribution < -0.4 is 10.1 Å². The Morgan fingerprint density at radius 1 is 0.838 bits per heavy atom.